The van der Waals surface area contributed by atoms with E-state index in [1.54, 1.807) is 12.1 Å². The molecule has 0 aliphatic carbocycles. The zero-order valence-corrected chi connectivity index (χ0v) is 7.66. The summed E-state index contributed by atoms with van der Waals surface area (Å²) in [6.07, 6.45) is 0. The Labute approximate surface area is 81.8 Å². The molecule has 0 fully saturated rings. The topological polar surface area (TPSA) is 52.9 Å². The van der Waals surface area contributed by atoms with Crippen molar-refractivity contribution in [3.63, 3.8) is 0 Å². The molecule has 0 spiro atoms. The Morgan fingerprint density at radius 2 is 2.08 bits per heavy atom. The van der Waals surface area contributed by atoms with Crippen molar-refractivity contribution in [2.75, 3.05) is 0 Å². The zero-order chi connectivity index (χ0) is 9.68. The Kier molecular flexibility index (Phi) is 3.35. The molecule has 3 nitrogen and oxygen atoms in total. The van der Waals surface area contributed by atoms with E-state index in [1.165, 1.54) is 0 Å². The van der Waals surface area contributed by atoms with Crippen LogP contribution in [0.5, 0.6) is 0 Å². The maximum absolute atomic E-state index is 10.6. The monoisotopic (exact) mass is 192 g/mol. The molecule has 0 aliphatic rings. The van der Waals surface area contributed by atoms with Gasteiger partial charge in [0.2, 0.25) is 0 Å². The predicted octanol–water partition coefficient (Wildman–Crippen LogP) is 1.89. The highest BCUT2D eigenvalue weighted by Gasteiger charge is 2.10. The van der Waals surface area contributed by atoms with Gasteiger partial charge in [-0.2, -0.15) is 5.26 Å². The molecule has 1 atom stereocenters. The van der Waals surface area contributed by atoms with E-state index in [1.807, 2.05) is 24.3 Å². The van der Waals surface area contributed by atoms with Crippen molar-refractivity contribution in [2.45, 2.75) is 6.04 Å². The van der Waals surface area contributed by atoms with E-state index in [0.717, 1.165) is 5.56 Å². The molecular formula is C9H8N2OS. The van der Waals surface area contributed by atoms with Gasteiger partial charge in [0.25, 0.3) is 5.24 Å². The Morgan fingerprint density at radius 1 is 1.46 bits per heavy atom. The van der Waals surface area contributed by atoms with Gasteiger partial charge in [-0.05, 0) is 5.56 Å². The van der Waals surface area contributed by atoms with Crippen LogP contribution in [0, 0.1) is 11.3 Å². The summed E-state index contributed by atoms with van der Waals surface area (Å²) in [6.45, 7) is 0. The Balaban J connectivity index is 2.80. The molecule has 1 aromatic carbocycles. The van der Waals surface area contributed by atoms with Crippen molar-refractivity contribution >= 4 is 17.9 Å². The van der Waals surface area contributed by atoms with E-state index in [0.29, 0.717) is 0 Å². The number of benzene rings is 1. The van der Waals surface area contributed by atoms with Gasteiger partial charge in [0, 0.05) is 0 Å². The molecule has 1 aromatic rings. The number of hydrogen-bond donors (Lipinski definition) is 2. The van der Waals surface area contributed by atoms with Crippen LogP contribution in [0.2, 0.25) is 0 Å². The van der Waals surface area contributed by atoms with Crippen LogP contribution < -0.4 is 5.32 Å². The number of thiol groups is 1. The quantitative estimate of drug-likeness (QED) is 0.703. The van der Waals surface area contributed by atoms with E-state index in [9.17, 15) is 4.79 Å². The predicted molar refractivity (Wildman–Crippen MR) is 52.3 cm³/mol. The fourth-order valence-electron chi connectivity index (χ4n) is 0.959. The van der Waals surface area contributed by atoms with Gasteiger partial charge >= 0.3 is 0 Å². The second-order valence-electron chi connectivity index (χ2n) is 2.42. The SMILES string of the molecule is N#CC(NC(=O)S)c1ccccc1. The summed E-state index contributed by atoms with van der Waals surface area (Å²) in [5.74, 6) is 0. The maximum atomic E-state index is 10.6. The van der Waals surface area contributed by atoms with Crippen LogP contribution in [-0.2, 0) is 0 Å². The molecule has 4 heteroatoms. The van der Waals surface area contributed by atoms with E-state index in [-0.39, 0.29) is 0 Å². The number of nitrogens with one attached hydrogen (secondary N) is 1. The fourth-order valence-corrected chi connectivity index (χ4v) is 1.09. The lowest BCUT2D eigenvalue weighted by atomic mass is 10.1. The minimum atomic E-state index is -0.619. The standard InChI is InChI=1S/C9H8N2OS/c10-6-8(11-9(12)13)7-4-2-1-3-5-7/h1-5,8H,(H2,11,12,13). The van der Waals surface area contributed by atoms with Crippen LogP contribution in [0.4, 0.5) is 4.79 Å². The van der Waals surface area contributed by atoms with Crippen molar-refractivity contribution in [3.05, 3.63) is 35.9 Å². The summed E-state index contributed by atoms with van der Waals surface area (Å²) in [4.78, 5) is 10.6. The highest BCUT2D eigenvalue weighted by Crippen LogP contribution is 2.11. The van der Waals surface area contributed by atoms with Gasteiger partial charge in [-0.15, -0.1) is 0 Å². The average Bonchev–Trinajstić information content (AvgIpc) is 2.15. The van der Waals surface area contributed by atoms with Gasteiger partial charge in [0.1, 0.15) is 6.04 Å². The molecule has 0 saturated carbocycles. The zero-order valence-electron chi connectivity index (χ0n) is 6.77. The Hall–Kier alpha value is -1.47. The molecule has 1 amide bonds. The van der Waals surface area contributed by atoms with Crippen molar-refractivity contribution in [1.82, 2.24) is 5.32 Å². The van der Waals surface area contributed by atoms with Crippen LogP contribution in [0.15, 0.2) is 30.3 Å². The first-order chi connectivity index (χ1) is 6.24. The lowest BCUT2D eigenvalue weighted by Crippen LogP contribution is -2.22. The van der Waals surface area contributed by atoms with Gasteiger partial charge in [0.05, 0.1) is 6.07 Å². The number of hydrogen-bond acceptors (Lipinski definition) is 2. The third kappa shape index (κ3) is 2.80. The Morgan fingerprint density at radius 3 is 2.54 bits per heavy atom. The molecule has 13 heavy (non-hydrogen) atoms. The van der Waals surface area contributed by atoms with E-state index < -0.39 is 11.3 Å². The third-order valence-electron chi connectivity index (χ3n) is 1.53. The number of carbonyl (C=O) groups excluding carboxylic acids is 1. The second kappa shape index (κ2) is 4.53. The van der Waals surface area contributed by atoms with Crippen molar-refractivity contribution in [1.29, 1.82) is 5.26 Å². The molecule has 1 unspecified atom stereocenters. The van der Waals surface area contributed by atoms with Crippen LogP contribution >= 0.6 is 12.6 Å². The molecule has 0 bridgehead atoms. The summed E-state index contributed by atoms with van der Waals surface area (Å²) in [7, 11) is 0. The molecule has 0 heterocycles. The van der Waals surface area contributed by atoms with Crippen LogP contribution in [0.25, 0.3) is 0 Å². The lowest BCUT2D eigenvalue weighted by Gasteiger charge is -2.08. The van der Waals surface area contributed by atoms with Crippen molar-refractivity contribution in [2.24, 2.45) is 0 Å². The first-order valence-corrected chi connectivity index (χ1v) is 4.13. The normalized spacial score (nSPS) is 11.4. The van der Waals surface area contributed by atoms with Crippen LogP contribution in [0.3, 0.4) is 0 Å². The molecule has 1 N–H and O–H groups in total. The van der Waals surface area contributed by atoms with Gasteiger partial charge in [0.15, 0.2) is 0 Å². The minimum Gasteiger partial charge on any atom is -0.328 e. The molecule has 0 aromatic heterocycles. The van der Waals surface area contributed by atoms with Gasteiger partial charge in [-0.3, -0.25) is 4.79 Å². The number of rotatable bonds is 2. The molecule has 1 rings (SSSR count). The number of nitriles is 1. The fraction of sp³-hybridized carbons (Fsp3) is 0.111. The molecule has 0 saturated heterocycles. The summed E-state index contributed by atoms with van der Waals surface area (Å²) in [5, 5.41) is 10.6. The number of carbonyl (C=O) groups is 1. The first-order valence-electron chi connectivity index (χ1n) is 3.68. The van der Waals surface area contributed by atoms with Gasteiger partial charge in [-0.1, -0.05) is 43.0 Å². The number of amides is 1. The summed E-state index contributed by atoms with van der Waals surface area (Å²) in [6, 6.07) is 10.4. The van der Waals surface area contributed by atoms with E-state index >= 15 is 0 Å². The highest BCUT2D eigenvalue weighted by atomic mass is 32.1. The van der Waals surface area contributed by atoms with Crippen LogP contribution in [-0.4, -0.2) is 5.24 Å². The van der Waals surface area contributed by atoms with Gasteiger partial charge < -0.3 is 5.32 Å². The molecular weight excluding hydrogens is 184 g/mol. The lowest BCUT2D eigenvalue weighted by molar-refractivity contribution is 0.259. The average molecular weight is 192 g/mol. The molecule has 0 radical (unpaired) electrons. The van der Waals surface area contributed by atoms with Gasteiger partial charge in [-0.25, -0.2) is 0 Å². The maximum Gasteiger partial charge on any atom is 0.277 e. The van der Waals surface area contributed by atoms with Crippen molar-refractivity contribution in [3.8, 4) is 6.07 Å². The largest absolute Gasteiger partial charge is 0.328 e. The van der Waals surface area contributed by atoms with E-state index in [2.05, 4.69) is 17.9 Å². The first kappa shape index (κ1) is 9.62. The number of nitrogens with zero attached hydrogens (tertiary/aromatic N) is 1. The molecule has 0 aliphatic heterocycles. The summed E-state index contributed by atoms with van der Waals surface area (Å²) in [5.41, 5.74) is 0.757. The van der Waals surface area contributed by atoms with Crippen LogP contribution in [0.1, 0.15) is 11.6 Å². The minimum absolute atomic E-state index is 0.504. The van der Waals surface area contributed by atoms with E-state index in [4.69, 9.17) is 5.26 Å². The highest BCUT2D eigenvalue weighted by molar-refractivity contribution is 7.96. The second-order valence-corrected chi connectivity index (χ2v) is 2.83. The summed E-state index contributed by atoms with van der Waals surface area (Å²) < 4.78 is 0. The Bertz CT molecular complexity index is 331. The van der Waals surface area contributed by atoms with Crippen molar-refractivity contribution < 1.29 is 4.79 Å². The molecule has 66 valence electrons. The summed E-state index contributed by atoms with van der Waals surface area (Å²) >= 11 is 3.54. The third-order valence-corrected chi connectivity index (χ3v) is 1.66. The smallest absolute Gasteiger partial charge is 0.277 e.